The molecule has 0 radical (unpaired) electrons. The number of piperidine rings is 1. The SMILES string of the molecule is O=c1ccc2cc3c(cc2[nH]1)C1CNCC3C1. The van der Waals surface area contributed by atoms with E-state index in [0.29, 0.717) is 11.8 Å². The molecule has 17 heavy (non-hydrogen) atoms. The Hall–Kier alpha value is -1.61. The Morgan fingerprint density at radius 1 is 1.06 bits per heavy atom. The molecule has 2 unspecified atom stereocenters. The van der Waals surface area contributed by atoms with Crippen LogP contribution >= 0.6 is 0 Å². The lowest BCUT2D eigenvalue weighted by Gasteiger charge is -2.19. The fraction of sp³-hybridized carbons (Fsp3) is 0.357. The monoisotopic (exact) mass is 226 g/mol. The number of nitrogens with one attached hydrogen (secondary N) is 2. The molecule has 1 aromatic carbocycles. The summed E-state index contributed by atoms with van der Waals surface area (Å²) in [7, 11) is 0. The summed E-state index contributed by atoms with van der Waals surface area (Å²) in [5, 5.41) is 4.64. The predicted molar refractivity (Wildman–Crippen MR) is 67.5 cm³/mol. The van der Waals surface area contributed by atoms with Crippen LogP contribution in [0.1, 0.15) is 29.4 Å². The van der Waals surface area contributed by atoms with Gasteiger partial charge in [-0.05, 0) is 53.0 Å². The van der Waals surface area contributed by atoms with Crippen LogP contribution in [-0.2, 0) is 0 Å². The Labute approximate surface area is 98.9 Å². The van der Waals surface area contributed by atoms with Gasteiger partial charge in [0.2, 0.25) is 5.56 Å². The number of hydrogen-bond acceptors (Lipinski definition) is 2. The van der Waals surface area contributed by atoms with Gasteiger partial charge in [0.25, 0.3) is 0 Å². The van der Waals surface area contributed by atoms with Crippen molar-refractivity contribution in [1.82, 2.24) is 10.3 Å². The molecule has 86 valence electrons. The maximum absolute atomic E-state index is 11.3. The first-order valence-corrected chi connectivity index (χ1v) is 6.19. The van der Waals surface area contributed by atoms with Gasteiger partial charge in [-0.2, -0.15) is 0 Å². The molecule has 2 N–H and O–H groups in total. The number of pyridine rings is 1. The number of fused-ring (bicyclic) bond motifs is 6. The third-order valence-corrected chi connectivity index (χ3v) is 4.16. The first-order valence-electron chi connectivity index (χ1n) is 6.19. The van der Waals surface area contributed by atoms with Gasteiger partial charge in [0.1, 0.15) is 0 Å². The van der Waals surface area contributed by atoms with Crippen LogP contribution in [0.3, 0.4) is 0 Å². The fourth-order valence-corrected chi connectivity index (χ4v) is 3.36. The Morgan fingerprint density at radius 3 is 2.65 bits per heavy atom. The lowest BCUT2D eigenvalue weighted by molar-refractivity contribution is 0.454. The molecule has 1 fully saturated rings. The first-order chi connectivity index (χ1) is 8.31. The quantitative estimate of drug-likeness (QED) is 0.718. The van der Waals surface area contributed by atoms with Crippen LogP contribution in [0, 0.1) is 0 Å². The number of rotatable bonds is 0. The molecule has 2 bridgehead atoms. The van der Waals surface area contributed by atoms with Gasteiger partial charge in [0.15, 0.2) is 0 Å². The summed E-state index contributed by atoms with van der Waals surface area (Å²) in [6.07, 6.45) is 1.27. The molecule has 0 saturated carbocycles. The van der Waals surface area contributed by atoms with Crippen LogP contribution in [0.15, 0.2) is 29.1 Å². The average Bonchev–Trinajstić information content (AvgIpc) is 2.59. The Morgan fingerprint density at radius 2 is 1.82 bits per heavy atom. The number of benzene rings is 1. The molecule has 3 nitrogen and oxygen atoms in total. The van der Waals surface area contributed by atoms with Gasteiger partial charge >= 0.3 is 0 Å². The summed E-state index contributed by atoms with van der Waals surface area (Å²) < 4.78 is 0. The van der Waals surface area contributed by atoms with Crippen LogP contribution in [0.25, 0.3) is 10.9 Å². The topological polar surface area (TPSA) is 44.9 Å². The predicted octanol–water partition coefficient (Wildman–Crippen LogP) is 1.70. The van der Waals surface area contributed by atoms with Gasteiger partial charge in [-0.3, -0.25) is 4.79 Å². The maximum Gasteiger partial charge on any atom is 0.248 e. The molecule has 0 amide bonds. The molecule has 1 aliphatic heterocycles. The highest BCUT2D eigenvalue weighted by Gasteiger charge is 2.34. The minimum Gasteiger partial charge on any atom is -0.322 e. The zero-order chi connectivity index (χ0) is 11.4. The summed E-state index contributed by atoms with van der Waals surface area (Å²) in [5.74, 6) is 1.30. The summed E-state index contributed by atoms with van der Waals surface area (Å²) in [4.78, 5) is 14.3. The molecular formula is C14H14N2O. The first kappa shape index (κ1) is 9.42. The number of H-pyrrole nitrogens is 1. The molecule has 1 saturated heterocycles. The highest BCUT2D eigenvalue weighted by Crippen LogP contribution is 2.44. The molecular weight excluding hydrogens is 212 g/mol. The van der Waals surface area contributed by atoms with E-state index in [-0.39, 0.29) is 5.56 Å². The fourth-order valence-electron chi connectivity index (χ4n) is 3.36. The van der Waals surface area contributed by atoms with Crippen LogP contribution in [0.5, 0.6) is 0 Å². The van der Waals surface area contributed by atoms with Crippen molar-refractivity contribution in [3.05, 3.63) is 45.7 Å². The minimum atomic E-state index is -0.0171. The summed E-state index contributed by atoms with van der Waals surface area (Å²) in [5.41, 5.74) is 3.88. The van der Waals surface area contributed by atoms with Gasteiger partial charge < -0.3 is 10.3 Å². The average molecular weight is 226 g/mol. The molecule has 2 heterocycles. The highest BCUT2D eigenvalue weighted by atomic mass is 16.1. The Balaban J connectivity index is 2.03. The van der Waals surface area contributed by atoms with Crippen molar-refractivity contribution in [2.45, 2.75) is 18.3 Å². The van der Waals surface area contributed by atoms with E-state index in [2.05, 4.69) is 22.4 Å². The van der Waals surface area contributed by atoms with Gasteiger partial charge in [0, 0.05) is 24.7 Å². The molecule has 0 spiro atoms. The molecule has 1 aromatic heterocycles. The van der Waals surface area contributed by atoms with E-state index < -0.39 is 0 Å². The molecule has 2 aromatic rings. The second-order valence-electron chi connectivity index (χ2n) is 5.18. The van der Waals surface area contributed by atoms with Crippen molar-refractivity contribution >= 4 is 10.9 Å². The van der Waals surface area contributed by atoms with Crippen molar-refractivity contribution in [2.24, 2.45) is 0 Å². The van der Waals surface area contributed by atoms with Crippen molar-refractivity contribution < 1.29 is 0 Å². The molecule has 2 aliphatic rings. The zero-order valence-electron chi connectivity index (χ0n) is 9.49. The van der Waals surface area contributed by atoms with Gasteiger partial charge in [-0.1, -0.05) is 0 Å². The van der Waals surface area contributed by atoms with E-state index in [4.69, 9.17) is 0 Å². The normalized spacial score (nSPS) is 26.1. The largest absolute Gasteiger partial charge is 0.322 e. The third kappa shape index (κ3) is 1.29. The van der Waals surface area contributed by atoms with Crippen LogP contribution < -0.4 is 10.9 Å². The molecule has 4 rings (SSSR count). The third-order valence-electron chi connectivity index (χ3n) is 4.16. The lowest BCUT2D eigenvalue weighted by Crippen LogP contribution is -2.28. The van der Waals surface area contributed by atoms with Crippen molar-refractivity contribution in [2.75, 3.05) is 13.1 Å². The summed E-state index contributed by atoms with van der Waals surface area (Å²) in [6.45, 7) is 2.17. The van der Waals surface area contributed by atoms with Crippen molar-refractivity contribution in [3.8, 4) is 0 Å². The Kier molecular flexibility index (Phi) is 1.77. The van der Waals surface area contributed by atoms with E-state index in [0.717, 1.165) is 24.0 Å². The highest BCUT2D eigenvalue weighted by molar-refractivity contribution is 5.81. The summed E-state index contributed by atoms with van der Waals surface area (Å²) >= 11 is 0. The molecule has 1 aliphatic carbocycles. The van der Waals surface area contributed by atoms with Crippen molar-refractivity contribution in [1.29, 1.82) is 0 Å². The summed E-state index contributed by atoms with van der Waals surface area (Å²) in [6, 6.07) is 7.97. The van der Waals surface area contributed by atoms with E-state index >= 15 is 0 Å². The van der Waals surface area contributed by atoms with Gasteiger partial charge in [-0.15, -0.1) is 0 Å². The number of aromatic amines is 1. The maximum atomic E-state index is 11.3. The smallest absolute Gasteiger partial charge is 0.248 e. The standard InChI is InChI=1S/C14H14N2O/c17-14-2-1-8-4-11-9-3-10(7-15-6-9)12(11)5-13(8)16-14/h1-2,4-5,9-10,15H,3,6-7H2,(H,16,17). The van der Waals surface area contributed by atoms with Crippen LogP contribution in [0.2, 0.25) is 0 Å². The minimum absolute atomic E-state index is 0.0171. The van der Waals surface area contributed by atoms with E-state index in [9.17, 15) is 4.79 Å². The lowest BCUT2D eigenvalue weighted by atomic mass is 9.98. The van der Waals surface area contributed by atoms with E-state index in [1.165, 1.54) is 17.5 Å². The second kappa shape index (κ2) is 3.20. The molecule has 3 heteroatoms. The molecule has 2 atom stereocenters. The zero-order valence-corrected chi connectivity index (χ0v) is 9.49. The van der Waals surface area contributed by atoms with E-state index in [1.807, 2.05) is 6.07 Å². The number of aromatic nitrogens is 1. The van der Waals surface area contributed by atoms with Gasteiger partial charge in [0.05, 0.1) is 0 Å². The number of hydrogen-bond donors (Lipinski definition) is 2. The van der Waals surface area contributed by atoms with Crippen molar-refractivity contribution in [3.63, 3.8) is 0 Å². The van der Waals surface area contributed by atoms with Gasteiger partial charge in [-0.25, -0.2) is 0 Å². The van der Waals surface area contributed by atoms with Crippen LogP contribution in [0.4, 0.5) is 0 Å². The Bertz CT molecular complexity index is 659. The van der Waals surface area contributed by atoms with Crippen LogP contribution in [-0.4, -0.2) is 18.1 Å². The second-order valence-corrected chi connectivity index (χ2v) is 5.18. The van der Waals surface area contributed by atoms with E-state index in [1.54, 1.807) is 6.07 Å².